The third-order valence-corrected chi connectivity index (χ3v) is 5.63. The molecule has 0 saturated heterocycles. The lowest BCUT2D eigenvalue weighted by Gasteiger charge is -2.39. The Morgan fingerprint density at radius 3 is 2.64 bits per heavy atom. The summed E-state index contributed by atoms with van der Waals surface area (Å²) in [6, 6.07) is 0. The molecule has 0 unspecified atom stereocenters. The van der Waals surface area contributed by atoms with Gasteiger partial charge in [0.2, 0.25) is 0 Å². The van der Waals surface area contributed by atoms with Crippen molar-refractivity contribution in [2.24, 2.45) is 23.7 Å². The SMILES string of the molecule is C=C1CC[C@H](C(=C)C)[C@H]2C=C(C)C(=O)C3=C(C(=O)[C@H](C)C3)[C@H]12. The second-order valence-corrected chi connectivity index (χ2v) is 7.25. The quantitative estimate of drug-likeness (QED) is 0.680. The van der Waals surface area contributed by atoms with Crippen LogP contribution in [-0.4, -0.2) is 11.6 Å². The Labute approximate surface area is 132 Å². The first-order valence-corrected chi connectivity index (χ1v) is 8.16. The van der Waals surface area contributed by atoms with E-state index in [0.717, 1.165) is 40.7 Å². The first-order chi connectivity index (χ1) is 10.3. The van der Waals surface area contributed by atoms with Gasteiger partial charge in [-0.3, -0.25) is 9.59 Å². The standard InChI is InChI=1S/C20H24O2/c1-10(2)14-7-6-11(3)17-15(14)8-12(4)19(21)16-9-13(5)20(22)18(16)17/h8,13-15,17H,1,3,6-7,9H2,2,4-5H3/t13-,14-,15-,17-/m1/s1. The Balaban J connectivity index is 2.19. The molecule has 0 aromatic carbocycles. The molecule has 0 N–H and O–H groups in total. The molecular formula is C20H24O2. The van der Waals surface area contributed by atoms with Gasteiger partial charge in [-0.05, 0) is 50.5 Å². The smallest absolute Gasteiger partial charge is 0.184 e. The highest BCUT2D eigenvalue weighted by molar-refractivity contribution is 6.17. The van der Waals surface area contributed by atoms with E-state index < -0.39 is 0 Å². The Morgan fingerprint density at radius 1 is 1.32 bits per heavy atom. The molecule has 0 aromatic heterocycles. The van der Waals surface area contributed by atoms with Crippen LogP contribution in [0.15, 0.2) is 47.1 Å². The summed E-state index contributed by atoms with van der Waals surface area (Å²) in [5, 5.41) is 0. The Hall–Kier alpha value is -1.70. The van der Waals surface area contributed by atoms with E-state index in [2.05, 4.69) is 26.2 Å². The molecular weight excluding hydrogens is 272 g/mol. The van der Waals surface area contributed by atoms with Gasteiger partial charge in [-0.1, -0.05) is 37.3 Å². The van der Waals surface area contributed by atoms with Crippen LogP contribution < -0.4 is 0 Å². The number of fused-ring (bicyclic) bond motifs is 2. The maximum atomic E-state index is 12.7. The van der Waals surface area contributed by atoms with Crippen LogP contribution in [0.3, 0.4) is 0 Å². The van der Waals surface area contributed by atoms with Crippen LogP contribution in [0.25, 0.3) is 0 Å². The molecule has 0 aliphatic heterocycles. The summed E-state index contributed by atoms with van der Waals surface area (Å²) in [6.45, 7) is 14.3. The number of hydrogen-bond acceptors (Lipinski definition) is 2. The minimum Gasteiger partial charge on any atom is -0.294 e. The Morgan fingerprint density at radius 2 is 2.00 bits per heavy atom. The van der Waals surface area contributed by atoms with E-state index in [0.29, 0.717) is 12.3 Å². The van der Waals surface area contributed by atoms with Gasteiger partial charge in [0.15, 0.2) is 11.6 Å². The van der Waals surface area contributed by atoms with Crippen molar-refractivity contribution in [1.82, 2.24) is 0 Å². The summed E-state index contributed by atoms with van der Waals surface area (Å²) < 4.78 is 0. The van der Waals surface area contributed by atoms with E-state index in [1.807, 2.05) is 13.8 Å². The van der Waals surface area contributed by atoms with Crippen molar-refractivity contribution in [3.8, 4) is 0 Å². The minimum absolute atomic E-state index is 0.00398. The van der Waals surface area contributed by atoms with Gasteiger partial charge >= 0.3 is 0 Å². The maximum absolute atomic E-state index is 12.7. The van der Waals surface area contributed by atoms with Crippen LogP contribution in [0.5, 0.6) is 0 Å². The van der Waals surface area contributed by atoms with Crippen molar-refractivity contribution in [3.05, 3.63) is 47.1 Å². The lowest BCUT2D eigenvalue weighted by Crippen LogP contribution is -2.32. The topological polar surface area (TPSA) is 34.1 Å². The number of carbonyl (C=O) groups excluding carboxylic acids is 2. The highest BCUT2D eigenvalue weighted by Gasteiger charge is 2.46. The number of rotatable bonds is 1. The van der Waals surface area contributed by atoms with Gasteiger partial charge in [-0.2, -0.15) is 0 Å². The third kappa shape index (κ3) is 2.08. The second-order valence-electron chi connectivity index (χ2n) is 7.25. The number of ketones is 2. The molecule has 4 atom stereocenters. The Kier molecular flexibility index (Phi) is 3.58. The van der Waals surface area contributed by atoms with E-state index in [1.54, 1.807) is 0 Å². The fraction of sp³-hybridized carbons (Fsp3) is 0.500. The van der Waals surface area contributed by atoms with Gasteiger partial charge in [0.1, 0.15) is 0 Å². The molecule has 3 aliphatic carbocycles. The number of allylic oxidation sites excluding steroid dienone is 6. The van der Waals surface area contributed by atoms with E-state index in [4.69, 9.17) is 0 Å². The van der Waals surface area contributed by atoms with Crippen LogP contribution in [-0.2, 0) is 9.59 Å². The zero-order valence-corrected chi connectivity index (χ0v) is 13.7. The van der Waals surface area contributed by atoms with Crippen molar-refractivity contribution >= 4 is 11.6 Å². The van der Waals surface area contributed by atoms with E-state index >= 15 is 0 Å². The average molecular weight is 296 g/mol. The van der Waals surface area contributed by atoms with E-state index in [-0.39, 0.29) is 29.3 Å². The predicted octanol–water partition coefficient (Wildman–Crippen LogP) is 4.20. The molecule has 116 valence electrons. The Bertz CT molecular complexity index is 659. The van der Waals surface area contributed by atoms with Crippen molar-refractivity contribution in [3.63, 3.8) is 0 Å². The predicted molar refractivity (Wildman–Crippen MR) is 88.2 cm³/mol. The summed E-state index contributed by atoms with van der Waals surface area (Å²) in [7, 11) is 0. The first-order valence-electron chi connectivity index (χ1n) is 8.16. The fourth-order valence-corrected chi connectivity index (χ4v) is 4.46. The molecule has 2 nitrogen and oxygen atoms in total. The number of carbonyl (C=O) groups is 2. The van der Waals surface area contributed by atoms with Crippen LogP contribution in [0, 0.1) is 23.7 Å². The lowest BCUT2D eigenvalue weighted by atomic mass is 9.64. The number of hydrogen-bond donors (Lipinski definition) is 0. The molecule has 3 aliphatic rings. The van der Waals surface area contributed by atoms with Crippen molar-refractivity contribution in [1.29, 1.82) is 0 Å². The second kappa shape index (κ2) is 5.19. The molecule has 2 heteroatoms. The van der Waals surface area contributed by atoms with Crippen molar-refractivity contribution in [2.75, 3.05) is 0 Å². The third-order valence-electron chi connectivity index (χ3n) is 5.63. The molecule has 3 rings (SSSR count). The largest absolute Gasteiger partial charge is 0.294 e. The highest BCUT2D eigenvalue weighted by Crippen LogP contribution is 2.50. The summed E-state index contributed by atoms with van der Waals surface area (Å²) in [4.78, 5) is 25.4. The van der Waals surface area contributed by atoms with Crippen molar-refractivity contribution < 1.29 is 9.59 Å². The van der Waals surface area contributed by atoms with Gasteiger partial charge in [0, 0.05) is 23.0 Å². The minimum atomic E-state index is -0.0708. The van der Waals surface area contributed by atoms with Gasteiger partial charge in [0.25, 0.3) is 0 Å². The lowest BCUT2D eigenvalue weighted by molar-refractivity contribution is -0.118. The van der Waals surface area contributed by atoms with Gasteiger partial charge in [0.05, 0.1) is 0 Å². The monoisotopic (exact) mass is 296 g/mol. The van der Waals surface area contributed by atoms with Crippen LogP contribution in [0.2, 0.25) is 0 Å². The molecule has 0 aromatic rings. The normalized spacial score (nSPS) is 35.0. The fourth-order valence-electron chi connectivity index (χ4n) is 4.46. The van der Waals surface area contributed by atoms with Crippen LogP contribution in [0.1, 0.15) is 40.0 Å². The number of Topliss-reactive ketones (excluding diaryl/α,β-unsaturated/α-hetero) is 2. The molecule has 0 heterocycles. The zero-order valence-electron chi connectivity index (χ0n) is 13.7. The first kappa shape index (κ1) is 15.2. The van der Waals surface area contributed by atoms with Crippen molar-refractivity contribution in [2.45, 2.75) is 40.0 Å². The molecule has 22 heavy (non-hydrogen) atoms. The van der Waals surface area contributed by atoms with Gasteiger partial charge in [-0.25, -0.2) is 0 Å². The maximum Gasteiger partial charge on any atom is 0.184 e. The van der Waals surface area contributed by atoms with E-state index in [1.165, 1.54) is 0 Å². The summed E-state index contributed by atoms with van der Waals surface area (Å²) >= 11 is 0. The summed E-state index contributed by atoms with van der Waals surface area (Å²) in [5.74, 6) is 0.640. The molecule has 0 bridgehead atoms. The summed E-state index contributed by atoms with van der Waals surface area (Å²) in [5.41, 5.74) is 4.55. The average Bonchev–Trinajstić information content (AvgIpc) is 2.68. The van der Waals surface area contributed by atoms with Crippen LogP contribution in [0.4, 0.5) is 0 Å². The molecule has 1 fully saturated rings. The van der Waals surface area contributed by atoms with Gasteiger partial charge in [-0.15, -0.1) is 0 Å². The van der Waals surface area contributed by atoms with Gasteiger partial charge < -0.3 is 0 Å². The molecule has 0 spiro atoms. The van der Waals surface area contributed by atoms with E-state index in [9.17, 15) is 9.59 Å². The summed E-state index contributed by atoms with van der Waals surface area (Å²) in [6.07, 6.45) is 4.61. The molecule has 0 radical (unpaired) electrons. The van der Waals surface area contributed by atoms with Crippen LogP contribution >= 0.6 is 0 Å². The molecule has 0 amide bonds. The zero-order chi connectivity index (χ0) is 16.2. The highest BCUT2D eigenvalue weighted by atomic mass is 16.1. The molecule has 1 saturated carbocycles.